The van der Waals surface area contributed by atoms with Crippen molar-refractivity contribution in [3.63, 3.8) is 0 Å². The van der Waals surface area contributed by atoms with Crippen LogP contribution in [0.15, 0.2) is 6.20 Å². The van der Waals surface area contributed by atoms with Crippen molar-refractivity contribution in [2.75, 3.05) is 18.5 Å². The van der Waals surface area contributed by atoms with E-state index in [0.717, 1.165) is 18.4 Å². The van der Waals surface area contributed by atoms with Gasteiger partial charge in [-0.15, -0.1) is 11.3 Å². The average Bonchev–Trinajstić information content (AvgIpc) is 2.82. The molecule has 0 radical (unpaired) electrons. The number of hydrogen-bond donors (Lipinski definition) is 1. The van der Waals surface area contributed by atoms with Gasteiger partial charge < -0.3 is 10.2 Å². The Morgan fingerprint density at radius 1 is 1.44 bits per heavy atom. The van der Waals surface area contributed by atoms with E-state index in [2.05, 4.69) is 42.9 Å². The summed E-state index contributed by atoms with van der Waals surface area (Å²) in [5.41, 5.74) is 0. The van der Waals surface area contributed by atoms with E-state index in [1.165, 1.54) is 16.4 Å². The SMILES string of the molecule is CNC(C)c1cnc(N2CC(C)CC(C)C2C)s1. The van der Waals surface area contributed by atoms with Crippen molar-refractivity contribution in [1.29, 1.82) is 0 Å². The molecule has 0 aliphatic carbocycles. The maximum Gasteiger partial charge on any atom is 0.185 e. The number of aromatic nitrogens is 1. The summed E-state index contributed by atoms with van der Waals surface area (Å²) < 4.78 is 0. The largest absolute Gasteiger partial charge is 0.345 e. The van der Waals surface area contributed by atoms with Gasteiger partial charge >= 0.3 is 0 Å². The van der Waals surface area contributed by atoms with Crippen LogP contribution in [0.2, 0.25) is 0 Å². The van der Waals surface area contributed by atoms with Crippen molar-refractivity contribution in [2.45, 2.75) is 46.2 Å². The molecule has 1 aromatic heterocycles. The van der Waals surface area contributed by atoms with Gasteiger partial charge in [0, 0.05) is 29.7 Å². The van der Waals surface area contributed by atoms with Crippen LogP contribution in [0.3, 0.4) is 0 Å². The zero-order chi connectivity index (χ0) is 13.3. The lowest BCUT2D eigenvalue weighted by atomic mass is 9.86. The van der Waals surface area contributed by atoms with E-state index in [1.54, 1.807) is 0 Å². The summed E-state index contributed by atoms with van der Waals surface area (Å²) >= 11 is 1.83. The first-order valence-electron chi connectivity index (χ1n) is 6.92. The van der Waals surface area contributed by atoms with Crippen molar-refractivity contribution < 1.29 is 0 Å². The van der Waals surface area contributed by atoms with Gasteiger partial charge in [0.2, 0.25) is 0 Å². The van der Waals surface area contributed by atoms with Crippen molar-refractivity contribution in [1.82, 2.24) is 10.3 Å². The Balaban J connectivity index is 2.17. The normalized spacial score (nSPS) is 30.5. The first-order valence-corrected chi connectivity index (χ1v) is 7.74. The summed E-state index contributed by atoms with van der Waals surface area (Å²) in [6, 6.07) is 0.997. The zero-order valence-corrected chi connectivity index (χ0v) is 12.9. The molecule has 3 nitrogen and oxygen atoms in total. The molecule has 1 aliphatic heterocycles. The summed E-state index contributed by atoms with van der Waals surface area (Å²) in [5, 5.41) is 4.47. The topological polar surface area (TPSA) is 28.2 Å². The Morgan fingerprint density at radius 3 is 2.83 bits per heavy atom. The smallest absolute Gasteiger partial charge is 0.185 e. The quantitative estimate of drug-likeness (QED) is 0.911. The molecular weight excluding hydrogens is 242 g/mol. The van der Waals surface area contributed by atoms with Crippen LogP contribution in [-0.4, -0.2) is 24.6 Å². The predicted molar refractivity (Wildman–Crippen MR) is 79.3 cm³/mol. The van der Waals surface area contributed by atoms with Gasteiger partial charge in [-0.25, -0.2) is 4.98 Å². The number of nitrogens with zero attached hydrogens (tertiary/aromatic N) is 2. The number of nitrogens with one attached hydrogen (secondary N) is 1. The van der Waals surface area contributed by atoms with Gasteiger partial charge in [-0.1, -0.05) is 13.8 Å². The van der Waals surface area contributed by atoms with Gasteiger partial charge in [-0.2, -0.15) is 0 Å². The van der Waals surface area contributed by atoms with Gasteiger partial charge in [0.1, 0.15) is 0 Å². The maximum absolute atomic E-state index is 4.63. The first-order chi connectivity index (χ1) is 8.52. The predicted octanol–water partition coefficient (Wildman–Crippen LogP) is 3.29. The van der Waals surface area contributed by atoms with E-state index in [1.807, 2.05) is 24.6 Å². The molecule has 1 fully saturated rings. The van der Waals surface area contributed by atoms with Crippen LogP contribution in [0.1, 0.15) is 45.0 Å². The molecule has 4 heteroatoms. The molecule has 1 N–H and O–H groups in total. The second-order valence-corrected chi connectivity index (χ2v) is 6.81. The molecule has 0 saturated carbocycles. The highest BCUT2D eigenvalue weighted by Crippen LogP contribution is 2.34. The molecule has 102 valence electrons. The number of thiazole rings is 1. The van der Waals surface area contributed by atoms with E-state index in [-0.39, 0.29) is 0 Å². The standard InChI is InChI=1S/C14H25N3S/c1-9-6-10(2)12(4)17(8-9)14-16-7-13(18-14)11(3)15-5/h7,9-12,15H,6,8H2,1-5H3. The number of piperidine rings is 1. The monoisotopic (exact) mass is 267 g/mol. The minimum Gasteiger partial charge on any atom is -0.345 e. The minimum absolute atomic E-state index is 0.395. The van der Waals surface area contributed by atoms with Crippen molar-refractivity contribution >= 4 is 16.5 Å². The van der Waals surface area contributed by atoms with Crippen molar-refractivity contribution in [3.8, 4) is 0 Å². The van der Waals surface area contributed by atoms with E-state index in [4.69, 9.17) is 0 Å². The fourth-order valence-electron chi connectivity index (χ4n) is 2.72. The summed E-state index contributed by atoms with van der Waals surface area (Å²) in [4.78, 5) is 8.45. The molecule has 0 spiro atoms. The number of hydrogen-bond acceptors (Lipinski definition) is 4. The van der Waals surface area contributed by atoms with E-state index in [9.17, 15) is 0 Å². The highest BCUT2D eigenvalue weighted by molar-refractivity contribution is 7.15. The molecule has 18 heavy (non-hydrogen) atoms. The molecule has 1 saturated heterocycles. The fourth-order valence-corrected chi connectivity index (χ4v) is 3.79. The zero-order valence-electron chi connectivity index (χ0n) is 12.1. The van der Waals surface area contributed by atoms with Crippen LogP contribution in [0.5, 0.6) is 0 Å². The van der Waals surface area contributed by atoms with Crippen LogP contribution < -0.4 is 10.2 Å². The fraction of sp³-hybridized carbons (Fsp3) is 0.786. The van der Waals surface area contributed by atoms with Crippen LogP contribution in [-0.2, 0) is 0 Å². The summed E-state index contributed by atoms with van der Waals surface area (Å²) in [7, 11) is 2.00. The molecule has 0 bridgehead atoms. The van der Waals surface area contributed by atoms with Gasteiger partial charge in [0.05, 0.1) is 0 Å². The Kier molecular flexibility index (Phi) is 4.28. The molecule has 2 heterocycles. The Morgan fingerprint density at radius 2 is 2.17 bits per heavy atom. The molecule has 0 amide bonds. The Labute approximate surface area is 115 Å². The maximum atomic E-state index is 4.63. The second-order valence-electron chi connectivity index (χ2n) is 5.77. The van der Waals surface area contributed by atoms with Crippen molar-refractivity contribution in [2.24, 2.45) is 11.8 Å². The lowest BCUT2D eigenvalue weighted by Gasteiger charge is -2.41. The third kappa shape index (κ3) is 2.69. The Hall–Kier alpha value is -0.610. The highest BCUT2D eigenvalue weighted by atomic mass is 32.1. The van der Waals surface area contributed by atoms with E-state index < -0.39 is 0 Å². The molecule has 1 aromatic rings. The molecule has 4 unspecified atom stereocenters. The molecular formula is C14H25N3S. The third-order valence-electron chi connectivity index (χ3n) is 4.21. The van der Waals surface area contributed by atoms with Gasteiger partial charge in [0.15, 0.2) is 5.13 Å². The summed E-state index contributed by atoms with van der Waals surface area (Å²) in [6.07, 6.45) is 3.36. The molecule has 4 atom stereocenters. The van der Waals surface area contributed by atoms with Gasteiger partial charge in [-0.05, 0) is 39.2 Å². The van der Waals surface area contributed by atoms with Gasteiger partial charge in [0.25, 0.3) is 0 Å². The average molecular weight is 267 g/mol. The number of rotatable bonds is 3. The Bertz CT molecular complexity index is 390. The highest BCUT2D eigenvalue weighted by Gasteiger charge is 2.30. The van der Waals surface area contributed by atoms with E-state index >= 15 is 0 Å². The van der Waals surface area contributed by atoms with Crippen molar-refractivity contribution in [3.05, 3.63) is 11.1 Å². The van der Waals surface area contributed by atoms with Crippen LogP contribution in [0.4, 0.5) is 5.13 Å². The van der Waals surface area contributed by atoms with Crippen LogP contribution >= 0.6 is 11.3 Å². The summed E-state index contributed by atoms with van der Waals surface area (Å²) in [6.45, 7) is 10.4. The number of anilines is 1. The van der Waals surface area contributed by atoms with E-state index in [0.29, 0.717) is 12.1 Å². The van der Waals surface area contributed by atoms with Crippen LogP contribution in [0, 0.1) is 11.8 Å². The molecule has 0 aromatic carbocycles. The lowest BCUT2D eigenvalue weighted by Crippen LogP contribution is -2.45. The lowest BCUT2D eigenvalue weighted by molar-refractivity contribution is 0.297. The minimum atomic E-state index is 0.395. The second kappa shape index (κ2) is 5.57. The van der Waals surface area contributed by atoms with Gasteiger partial charge in [-0.3, -0.25) is 0 Å². The molecule has 2 rings (SSSR count). The third-order valence-corrected chi connectivity index (χ3v) is 5.43. The first kappa shape index (κ1) is 13.8. The van der Waals surface area contributed by atoms with Crippen LogP contribution in [0.25, 0.3) is 0 Å². The summed E-state index contributed by atoms with van der Waals surface area (Å²) in [5.74, 6) is 1.52. The molecule has 1 aliphatic rings.